The molecular formula is C8H6ClF3OS. The molecule has 1 aromatic rings. The van der Waals surface area contributed by atoms with Gasteiger partial charge in [0.05, 0.1) is 17.6 Å². The number of hydrogen-bond acceptors (Lipinski definition) is 2. The van der Waals surface area contributed by atoms with Crippen LogP contribution in [0.15, 0.2) is 12.1 Å². The molecule has 14 heavy (non-hydrogen) atoms. The molecule has 78 valence electrons. The van der Waals surface area contributed by atoms with Gasteiger partial charge in [0.25, 0.3) is 0 Å². The normalized spacial score (nSPS) is 20.6. The molecule has 0 bridgehead atoms. The van der Waals surface area contributed by atoms with Crippen LogP contribution in [-0.2, 0) is 10.2 Å². The fraction of sp³-hybridized carbons (Fsp3) is 0.500. The van der Waals surface area contributed by atoms with Crippen molar-refractivity contribution in [1.82, 2.24) is 0 Å². The lowest BCUT2D eigenvalue weighted by Gasteiger charge is -2.41. The van der Waals surface area contributed by atoms with E-state index in [1.807, 2.05) is 0 Å². The molecule has 2 rings (SSSR count). The standard InChI is InChI=1S/C8H6ClF3OS/c9-6-2-1-5(14-6)7(3-13-4-7)8(10,11)12/h1-2H,3-4H2. The first-order valence-electron chi connectivity index (χ1n) is 3.86. The summed E-state index contributed by atoms with van der Waals surface area (Å²) in [5.41, 5.74) is -1.81. The average molecular weight is 243 g/mol. The van der Waals surface area contributed by atoms with Gasteiger partial charge in [0.15, 0.2) is 0 Å². The first-order chi connectivity index (χ1) is 6.46. The maximum absolute atomic E-state index is 12.7. The van der Waals surface area contributed by atoms with Gasteiger partial charge in [-0.3, -0.25) is 0 Å². The first kappa shape index (κ1) is 10.3. The number of rotatable bonds is 1. The molecule has 1 saturated heterocycles. The monoisotopic (exact) mass is 242 g/mol. The fourth-order valence-corrected chi connectivity index (χ4v) is 2.55. The molecule has 0 aliphatic carbocycles. The second kappa shape index (κ2) is 3.12. The van der Waals surface area contributed by atoms with E-state index in [2.05, 4.69) is 4.74 Å². The van der Waals surface area contributed by atoms with E-state index in [0.717, 1.165) is 11.3 Å². The van der Waals surface area contributed by atoms with Crippen LogP contribution in [-0.4, -0.2) is 19.4 Å². The molecule has 0 saturated carbocycles. The molecule has 1 aliphatic heterocycles. The van der Waals surface area contributed by atoms with Crippen molar-refractivity contribution in [3.63, 3.8) is 0 Å². The van der Waals surface area contributed by atoms with Crippen LogP contribution < -0.4 is 0 Å². The Kier molecular flexibility index (Phi) is 2.28. The Labute approximate surface area is 87.4 Å². The van der Waals surface area contributed by atoms with Crippen LogP contribution in [0, 0.1) is 0 Å². The Morgan fingerprint density at radius 3 is 2.29 bits per heavy atom. The van der Waals surface area contributed by atoms with Gasteiger partial charge < -0.3 is 4.74 Å². The zero-order valence-corrected chi connectivity index (χ0v) is 8.47. The van der Waals surface area contributed by atoms with Crippen molar-refractivity contribution >= 4 is 22.9 Å². The molecule has 1 aliphatic rings. The van der Waals surface area contributed by atoms with Gasteiger partial charge in [0.1, 0.15) is 5.41 Å². The summed E-state index contributed by atoms with van der Waals surface area (Å²) in [5, 5.41) is 0. The third-order valence-corrected chi connectivity index (χ3v) is 3.72. The van der Waals surface area contributed by atoms with Crippen molar-refractivity contribution in [2.45, 2.75) is 11.6 Å². The van der Waals surface area contributed by atoms with E-state index in [1.165, 1.54) is 12.1 Å². The Hall–Kier alpha value is -0.260. The first-order valence-corrected chi connectivity index (χ1v) is 5.05. The predicted octanol–water partition coefficient (Wildman–Crippen LogP) is 3.23. The van der Waals surface area contributed by atoms with Crippen molar-refractivity contribution in [3.05, 3.63) is 21.3 Å². The van der Waals surface area contributed by atoms with Crippen LogP contribution in [0.3, 0.4) is 0 Å². The molecule has 0 radical (unpaired) electrons. The molecule has 2 heterocycles. The average Bonchev–Trinajstić information content (AvgIpc) is 2.29. The lowest BCUT2D eigenvalue weighted by Crippen LogP contribution is -2.56. The highest BCUT2D eigenvalue weighted by atomic mass is 35.5. The highest BCUT2D eigenvalue weighted by Crippen LogP contribution is 2.49. The molecule has 0 aromatic carbocycles. The zero-order valence-electron chi connectivity index (χ0n) is 6.90. The Morgan fingerprint density at radius 1 is 1.36 bits per heavy atom. The number of hydrogen-bond donors (Lipinski definition) is 0. The smallest absolute Gasteiger partial charge is 0.379 e. The molecule has 1 nitrogen and oxygen atoms in total. The summed E-state index contributed by atoms with van der Waals surface area (Å²) >= 11 is 6.57. The topological polar surface area (TPSA) is 9.23 Å². The van der Waals surface area contributed by atoms with Gasteiger partial charge in [0, 0.05) is 4.88 Å². The number of ether oxygens (including phenoxy) is 1. The van der Waals surface area contributed by atoms with Gasteiger partial charge in [0.2, 0.25) is 0 Å². The molecule has 1 aromatic heterocycles. The largest absolute Gasteiger partial charge is 0.403 e. The van der Waals surface area contributed by atoms with E-state index in [1.54, 1.807) is 0 Å². The quantitative estimate of drug-likeness (QED) is 0.735. The van der Waals surface area contributed by atoms with Gasteiger partial charge in [-0.05, 0) is 12.1 Å². The van der Waals surface area contributed by atoms with Crippen LogP contribution >= 0.6 is 22.9 Å². The molecular weight excluding hydrogens is 237 g/mol. The SMILES string of the molecule is FC(F)(F)C1(c2ccc(Cl)s2)COC1. The minimum absolute atomic E-state index is 0.237. The maximum Gasteiger partial charge on any atom is 0.403 e. The van der Waals surface area contributed by atoms with E-state index < -0.39 is 11.6 Å². The van der Waals surface area contributed by atoms with Crippen molar-refractivity contribution in [2.24, 2.45) is 0 Å². The third-order valence-electron chi connectivity index (χ3n) is 2.28. The fourth-order valence-electron chi connectivity index (χ4n) is 1.32. The lowest BCUT2D eigenvalue weighted by molar-refractivity contribution is -0.260. The van der Waals surface area contributed by atoms with Crippen LogP contribution in [0.4, 0.5) is 13.2 Å². The van der Waals surface area contributed by atoms with Crippen LogP contribution in [0.2, 0.25) is 4.34 Å². The summed E-state index contributed by atoms with van der Waals surface area (Å²) in [7, 11) is 0. The third kappa shape index (κ3) is 1.34. The van der Waals surface area contributed by atoms with Gasteiger partial charge in [-0.2, -0.15) is 13.2 Å². The highest BCUT2D eigenvalue weighted by molar-refractivity contribution is 7.16. The predicted molar refractivity (Wildman–Crippen MR) is 47.9 cm³/mol. The van der Waals surface area contributed by atoms with E-state index in [4.69, 9.17) is 11.6 Å². The van der Waals surface area contributed by atoms with E-state index >= 15 is 0 Å². The summed E-state index contributed by atoms with van der Waals surface area (Å²) in [6.45, 7) is -0.597. The molecule has 0 unspecified atom stereocenters. The summed E-state index contributed by atoms with van der Waals surface area (Å²) in [5.74, 6) is 0. The Morgan fingerprint density at radius 2 is 2.00 bits per heavy atom. The molecule has 0 atom stereocenters. The Balaban J connectivity index is 2.38. The van der Waals surface area contributed by atoms with Crippen molar-refractivity contribution in [1.29, 1.82) is 0 Å². The minimum atomic E-state index is -4.26. The summed E-state index contributed by atoms with van der Waals surface area (Å²) in [4.78, 5) is 0.237. The van der Waals surface area contributed by atoms with Crippen LogP contribution in [0.1, 0.15) is 4.88 Å². The van der Waals surface area contributed by atoms with Gasteiger partial charge in [-0.25, -0.2) is 0 Å². The summed E-state index contributed by atoms with van der Waals surface area (Å²) < 4.78 is 43.2. The van der Waals surface area contributed by atoms with Crippen molar-refractivity contribution in [3.8, 4) is 0 Å². The van der Waals surface area contributed by atoms with E-state index in [9.17, 15) is 13.2 Å². The molecule has 0 amide bonds. The summed E-state index contributed by atoms with van der Waals surface area (Å²) in [6, 6.07) is 2.90. The lowest BCUT2D eigenvalue weighted by atomic mass is 9.83. The molecule has 0 N–H and O–H groups in total. The molecule has 0 spiro atoms. The second-order valence-electron chi connectivity index (χ2n) is 3.18. The number of alkyl halides is 3. The molecule has 1 fully saturated rings. The number of halogens is 4. The van der Waals surface area contributed by atoms with E-state index in [0.29, 0.717) is 4.34 Å². The van der Waals surface area contributed by atoms with Gasteiger partial charge >= 0.3 is 6.18 Å². The van der Waals surface area contributed by atoms with Crippen LogP contribution in [0.25, 0.3) is 0 Å². The van der Waals surface area contributed by atoms with Gasteiger partial charge in [-0.15, -0.1) is 11.3 Å². The maximum atomic E-state index is 12.7. The summed E-state index contributed by atoms with van der Waals surface area (Å²) in [6.07, 6.45) is -4.26. The van der Waals surface area contributed by atoms with E-state index in [-0.39, 0.29) is 18.1 Å². The van der Waals surface area contributed by atoms with Crippen molar-refractivity contribution in [2.75, 3.05) is 13.2 Å². The zero-order chi connectivity index (χ0) is 10.4. The Bertz CT molecular complexity index is 343. The highest BCUT2D eigenvalue weighted by Gasteiger charge is 2.61. The second-order valence-corrected chi connectivity index (χ2v) is 4.89. The minimum Gasteiger partial charge on any atom is -0.379 e. The van der Waals surface area contributed by atoms with Crippen molar-refractivity contribution < 1.29 is 17.9 Å². The van der Waals surface area contributed by atoms with Crippen LogP contribution in [0.5, 0.6) is 0 Å². The van der Waals surface area contributed by atoms with Gasteiger partial charge in [-0.1, -0.05) is 11.6 Å². The molecule has 6 heteroatoms. The number of thiophene rings is 1.